The Labute approximate surface area is 129 Å². The van der Waals surface area contributed by atoms with Gasteiger partial charge in [-0.2, -0.15) is 12.6 Å². The summed E-state index contributed by atoms with van der Waals surface area (Å²) in [6.07, 6.45) is -0.289. The van der Waals surface area contributed by atoms with Gasteiger partial charge in [0.1, 0.15) is 12.1 Å². The highest BCUT2D eigenvalue weighted by molar-refractivity contribution is 7.80. The molecular weight excluding hydrogens is 296 g/mol. The Morgan fingerprint density at radius 3 is 2.67 bits per heavy atom. The van der Waals surface area contributed by atoms with Gasteiger partial charge in [-0.3, -0.25) is 4.79 Å². The van der Waals surface area contributed by atoms with E-state index < -0.39 is 24.2 Å². The average molecular weight is 318 g/mol. The van der Waals surface area contributed by atoms with Crippen molar-refractivity contribution in [2.24, 2.45) is 5.92 Å². The molecule has 0 aliphatic carbocycles. The second kappa shape index (κ2) is 8.11. The second-order valence-corrected chi connectivity index (χ2v) is 5.48. The van der Waals surface area contributed by atoms with E-state index in [-0.39, 0.29) is 24.8 Å². The van der Waals surface area contributed by atoms with Crippen LogP contribution >= 0.6 is 12.6 Å². The minimum atomic E-state index is -1.09. The molecule has 0 bridgehead atoms. The molecule has 2 amide bonds. The fourth-order valence-corrected chi connectivity index (χ4v) is 2.30. The lowest BCUT2D eigenvalue weighted by molar-refractivity contribution is -0.149. The van der Waals surface area contributed by atoms with E-state index in [1.54, 1.807) is 6.92 Å². The fourth-order valence-electron chi connectivity index (χ4n) is 2.14. The third-order valence-corrected chi connectivity index (χ3v) is 3.87. The zero-order valence-corrected chi connectivity index (χ0v) is 13.1. The predicted octanol–water partition coefficient (Wildman–Crippen LogP) is 0.743. The summed E-state index contributed by atoms with van der Waals surface area (Å²) in [7, 11) is 0. The number of carboxylic acids is 1. The van der Waals surface area contributed by atoms with E-state index in [0.29, 0.717) is 12.3 Å². The normalized spacial score (nSPS) is 22.7. The summed E-state index contributed by atoms with van der Waals surface area (Å²) in [6, 6.07) is -0.955. The van der Waals surface area contributed by atoms with Gasteiger partial charge in [-0.05, 0) is 6.42 Å². The molecule has 120 valence electrons. The first-order chi connectivity index (χ1) is 9.90. The molecule has 0 spiro atoms. The number of thiol groups is 1. The number of aliphatic carboxylic acids is 1. The van der Waals surface area contributed by atoms with Gasteiger partial charge >= 0.3 is 12.1 Å². The molecule has 0 saturated carbocycles. The number of hydrogen-bond acceptors (Lipinski definition) is 5. The minimum absolute atomic E-state index is 0.105. The third-order valence-electron chi connectivity index (χ3n) is 3.32. The Bertz CT molecular complexity index is 404. The topological polar surface area (TPSA) is 95.9 Å². The van der Waals surface area contributed by atoms with Crippen LogP contribution in [0, 0.1) is 5.92 Å². The molecular formula is C13H22N2O5S. The maximum Gasteiger partial charge on any atom is 0.407 e. The van der Waals surface area contributed by atoms with Gasteiger partial charge in [0.15, 0.2) is 0 Å². The van der Waals surface area contributed by atoms with E-state index in [4.69, 9.17) is 4.74 Å². The number of carbonyl (C=O) groups excluding carboxylic acids is 2. The van der Waals surface area contributed by atoms with E-state index in [1.165, 1.54) is 4.90 Å². The summed E-state index contributed by atoms with van der Waals surface area (Å²) in [5.41, 5.74) is 0. The van der Waals surface area contributed by atoms with Crippen LogP contribution < -0.4 is 5.32 Å². The van der Waals surface area contributed by atoms with Gasteiger partial charge in [-0.1, -0.05) is 13.8 Å². The maximum atomic E-state index is 12.2. The summed E-state index contributed by atoms with van der Waals surface area (Å²) in [5.74, 6) is -1.40. The maximum absolute atomic E-state index is 12.2. The fraction of sp³-hybridized carbons (Fsp3) is 0.769. The van der Waals surface area contributed by atoms with Crippen molar-refractivity contribution in [2.75, 3.05) is 18.8 Å². The van der Waals surface area contributed by atoms with Gasteiger partial charge in [0.25, 0.3) is 0 Å². The molecule has 0 aromatic heterocycles. The first-order valence-corrected chi connectivity index (χ1v) is 7.62. The Balaban J connectivity index is 2.66. The molecule has 21 heavy (non-hydrogen) atoms. The van der Waals surface area contributed by atoms with Crippen molar-refractivity contribution in [2.45, 2.75) is 38.8 Å². The zero-order valence-electron chi connectivity index (χ0n) is 12.2. The SMILES string of the molecule is CCCNC(=O)OC1C[C@@H](C(=O)O)N(C(=O)C(C)CS)C1. The molecule has 0 radical (unpaired) electrons. The number of alkyl carbamates (subject to hydrolysis) is 1. The van der Waals surface area contributed by atoms with Crippen LogP contribution in [0.5, 0.6) is 0 Å². The predicted molar refractivity (Wildman–Crippen MR) is 79.3 cm³/mol. The largest absolute Gasteiger partial charge is 0.480 e. The van der Waals surface area contributed by atoms with Crippen molar-refractivity contribution < 1.29 is 24.2 Å². The molecule has 1 aliphatic rings. The highest BCUT2D eigenvalue weighted by atomic mass is 32.1. The molecule has 1 rings (SSSR count). The summed E-state index contributed by atoms with van der Waals surface area (Å²) in [4.78, 5) is 36.2. The summed E-state index contributed by atoms with van der Waals surface area (Å²) in [5, 5.41) is 11.8. The van der Waals surface area contributed by atoms with E-state index >= 15 is 0 Å². The van der Waals surface area contributed by atoms with Gasteiger partial charge < -0.3 is 20.1 Å². The van der Waals surface area contributed by atoms with Crippen LogP contribution in [0.15, 0.2) is 0 Å². The average Bonchev–Trinajstić information content (AvgIpc) is 2.87. The second-order valence-electron chi connectivity index (χ2n) is 5.12. The standard InChI is InChI=1S/C13H22N2O5S/c1-3-4-14-13(19)20-9-5-10(12(17)18)15(6-9)11(16)8(2)7-21/h8-10,21H,3-7H2,1-2H3,(H,14,19)(H,17,18)/t8?,9?,10-/m0/s1. The van der Waals surface area contributed by atoms with Crippen molar-refractivity contribution in [1.29, 1.82) is 0 Å². The number of likely N-dealkylation sites (tertiary alicyclic amines) is 1. The van der Waals surface area contributed by atoms with Gasteiger partial charge in [-0.15, -0.1) is 0 Å². The molecule has 1 fully saturated rings. The van der Waals surface area contributed by atoms with Gasteiger partial charge in [0.2, 0.25) is 5.91 Å². The van der Waals surface area contributed by atoms with Crippen LogP contribution in [-0.2, 0) is 14.3 Å². The molecule has 2 N–H and O–H groups in total. The molecule has 0 aromatic rings. The number of hydrogen-bond donors (Lipinski definition) is 3. The minimum Gasteiger partial charge on any atom is -0.480 e. The molecule has 2 unspecified atom stereocenters. The van der Waals surface area contributed by atoms with Crippen molar-refractivity contribution >= 4 is 30.6 Å². The lowest BCUT2D eigenvalue weighted by atomic mass is 10.1. The van der Waals surface area contributed by atoms with Crippen LogP contribution in [0.4, 0.5) is 4.79 Å². The van der Waals surface area contributed by atoms with Crippen molar-refractivity contribution in [3.05, 3.63) is 0 Å². The van der Waals surface area contributed by atoms with Gasteiger partial charge in [0, 0.05) is 24.6 Å². The van der Waals surface area contributed by atoms with Crippen molar-refractivity contribution in [3.63, 3.8) is 0 Å². The molecule has 1 aliphatic heterocycles. The van der Waals surface area contributed by atoms with Crippen molar-refractivity contribution in [1.82, 2.24) is 10.2 Å². The molecule has 8 heteroatoms. The zero-order chi connectivity index (χ0) is 16.0. The van der Waals surface area contributed by atoms with E-state index in [0.717, 1.165) is 6.42 Å². The Hall–Kier alpha value is -1.44. The van der Waals surface area contributed by atoms with Crippen molar-refractivity contribution in [3.8, 4) is 0 Å². The van der Waals surface area contributed by atoms with Crippen LogP contribution in [0.1, 0.15) is 26.7 Å². The number of ether oxygens (including phenoxy) is 1. The third kappa shape index (κ3) is 4.80. The van der Waals surface area contributed by atoms with E-state index in [9.17, 15) is 19.5 Å². The van der Waals surface area contributed by atoms with E-state index in [2.05, 4.69) is 17.9 Å². The lowest BCUT2D eigenvalue weighted by Gasteiger charge is -2.23. The lowest BCUT2D eigenvalue weighted by Crippen LogP contribution is -2.43. The molecule has 3 atom stereocenters. The highest BCUT2D eigenvalue weighted by Crippen LogP contribution is 2.23. The van der Waals surface area contributed by atoms with Crippen LogP contribution in [0.3, 0.4) is 0 Å². The van der Waals surface area contributed by atoms with Crippen LogP contribution in [0.2, 0.25) is 0 Å². The summed E-state index contributed by atoms with van der Waals surface area (Å²) < 4.78 is 5.16. The smallest absolute Gasteiger partial charge is 0.407 e. The first kappa shape index (κ1) is 17.6. The monoisotopic (exact) mass is 318 g/mol. The highest BCUT2D eigenvalue weighted by Gasteiger charge is 2.42. The number of carboxylic acid groups (broad SMARTS) is 1. The van der Waals surface area contributed by atoms with Crippen LogP contribution in [-0.4, -0.2) is 59.0 Å². The quantitative estimate of drug-likeness (QED) is 0.628. The molecule has 1 heterocycles. The van der Waals surface area contributed by atoms with Crippen LogP contribution in [0.25, 0.3) is 0 Å². The first-order valence-electron chi connectivity index (χ1n) is 6.99. The number of amides is 2. The van der Waals surface area contributed by atoms with Gasteiger partial charge in [-0.25, -0.2) is 9.59 Å². The Morgan fingerprint density at radius 2 is 2.14 bits per heavy atom. The number of carbonyl (C=O) groups is 3. The number of nitrogens with one attached hydrogen (secondary N) is 1. The Morgan fingerprint density at radius 1 is 1.48 bits per heavy atom. The number of nitrogens with zero attached hydrogens (tertiary/aromatic N) is 1. The Kier molecular flexibility index (Phi) is 6.80. The summed E-state index contributed by atoms with van der Waals surface area (Å²) in [6.45, 7) is 4.20. The molecule has 7 nitrogen and oxygen atoms in total. The van der Waals surface area contributed by atoms with E-state index in [1.807, 2.05) is 6.92 Å². The number of rotatable bonds is 6. The van der Waals surface area contributed by atoms with Gasteiger partial charge in [0.05, 0.1) is 6.54 Å². The molecule has 0 aromatic carbocycles. The summed E-state index contributed by atoms with van der Waals surface area (Å²) >= 11 is 4.06. The molecule has 1 saturated heterocycles.